The van der Waals surface area contributed by atoms with Crippen LogP contribution in [0, 0.1) is 0 Å². The quantitative estimate of drug-likeness (QED) is 0.666. The molecule has 0 aromatic rings. The lowest BCUT2D eigenvalue weighted by molar-refractivity contribution is -0.133. The molecule has 0 aliphatic carbocycles. The van der Waals surface area contributed by atoms with E-state index in [9.17, 15) is 4.79 Å². The Morgan fingerprint density at radius 3 is 2.93 bits per heavy atom. The van der Waals surface area contributed by atoms with Crippen LogP contribution in [0.1, 0.15) is 45.4 Å². The maximum absolute atomic E-state index is 11.8. The van der Waals surface area contributed by atoms with Crippen LogP contribution in [0.4, 0.5) is 0 Å². The molecule has 82 valence electrons. The van der Waals surface area contributed by atoms with Gasteiger partial charge in [-0.3, -0.25) is 4.79 Å². The fraction of sp³-hybridized carbons (Fsp3) is 0.909. The Morgan fingerprint density at radius 2 is 2.21 bits per heavy atom. The van der Waals surface area contributed by atoms with Gasteiger partial charge in [0.25, 0.3) is 0 Å². The Labute approximate surface area is 91.6 Å². The Balaban J connectivity index is 2.41. The number of carbonyl (C=O) groups is 1. The lowest BCUT2D eigenvalue weighted by atomic mass is 10.1. The van der Waals surface area contributed by atoms with Gasteiger partial charge in [-0.05, 0) is 26.2 Å². The second-order valence-electron chi connectivity index (χ2n) is 4.08. The Kier molecular flexibility index (Phi) is 5.31. The SMILES string of the molecule is CC1CCCCCN1C(=O)CCCCl. The van der Waals surface area contributed by atoms with E-state index in [0.29, 0.717) is 24.2 Å². The molecule has 1 saturated heterocycles. The van der Waals surface area contributed by atoms with E-state index in [1.54, 1.807) is 0 Å². The number of carbonyl (C=O) groups excluding carboxylic acids is 1. The fourth-order valence-electron chi connectivity index (χ4n) is 2.01. The average Bonchev–Trinajstić information content (AvgIpc) is 2.39. The summed E-state index contributed by atoms with van der Waals surface area (Å²) >= 11 is 5.58. The van der Waals surface area contributed by atoms with Crippen molar-refractivity contribution in [3.63, 3.8) is 0 Å². The predicted octanol–water partition coefficient (Wildman–Crippen LogP) is 2.80. The lowest BCUT2D eigenvalue weighted by Gasteiger charge is -2.27. The van der Waals surface area contributed by atoms with E-state index in [4.69, 9.17) is 11.6 Å². The standard InChI is InChI=1S/C11H20ClNO/c1-10-6-3-2-4-9-13(10)11(14)7-5-8-12/h10H,2-9H2,1H3. The van der Waals surface area contributed by atoms with Gasteiger partial charge >= 0.3 is 0 Å². The van der Waals surface area contributed by atoms with Crippen LogP contribution < -0.4 is 0 Å². The summed E-state index contributed by atoms with van der Waals surface area (Å²) in [6.45, 7) is 3.10. The van der Waals surface area contributed by atoms with Crippen LogP contribution in [0.5, 0.6) is 0 Å². The summed E-state index contributed by atoms with van der Waals surface area (Å²) in [6, 6.07) is 0.431. The number of rotatable bonds is 3. The highest BCUT2D eigenvalue weighted by atomic mass is 35.5. The molecule has 0 bridgehead atoms. The van der Waals surface area contributed by atoms with Gasteiger partial charge in [-0.2, -0.15) is 0 Å². The molecule has 1 amide bonds. The van der Waals surface area contributed by atoms with E-state index in [1.165, 1.54) is 12.8 Å². The first kappa shape index (κ1) is 11.8. The summed E-state index contributed by atoms with van der Waals surface area (Å²) in [5.74, 6) is 0.883. The van der Waals surface area contributed by atoms with Gasteiger partial charge in [-0.25, -0.2) is 0 Å². The number of hydrogen-bond acceptors (Lipinski definition) is 1. The zero-order chi connectivity index (χ0) is 10.4. The molecule has 0 radical (unpaired) electrons. The van der Waals surface area contributed by atoms with Crippen molar-refractivity contribution in [3.05, 3.63) is 0 Å². The van der Waals surface area contributed by atoms with Crippen LogP contribution in [0.2, 0.25) is 0 Å². The van der Waals surface area contributed by atoms with Crippen LogP contribution >= 0.6 is 11.6 Å². The molecule has 0 spiro atoms. The van der Waals surface area contributed by atoms with Crippen molar-refractivity contribution in [1.29, 1.82) is 0 Å². The topological polar surface area (TPSA) is 20.3 Å². The molecule has 3 heteroatoms. The third-order valence-corrected chi connectivity index (χ3v) is 3.16. The van der Waals surface area contributed by atoms with Gasteiger partial charge in [-0.15, -0.1) is 11.6 Å². The monoisotopic (exact) mass is 217 g/mol. The number of amides is 1. The summed E-state index contributed by atoms with van der Waals surface area (Å²) in [6.07, 6.45) is 6.28. The zero-order valence-electron chi connectivity index (χ0n) is 8.97. The predicted molar refractivity (Wildman–Crippen MR) is 59.6 cm³/mol. The molecule has 0 aromatic heterocycles. The van der Waals surface area contributed by atoms with E-state index in [-0.39, 0.29) is 0 Å². The Hall–Kier alpha value is -0.240. The highest BCUT2D eigenvalue weighted by molar-refractivity contribution is 6.17. The van der Waals surface area contributed by atoms with Crippen molar-refractivity contribution in [2.24, 2.45) is 0 Å². The maximum Gasteiger partial charge on any atom is 0.222 e. The van der Waals surface area contributed by atoms with Crippen molar-refractivity contribution in [3.8, 4) is 0 Å². The molecule has 0 aromatic carbocycles. The van der Waals surface area contributed by atoms with Gasteiger partial charge in [0.2, 0.25) is 5.91 Å². The molecule has 1 aliphatic heterocycles. The van der Waals surface area contributed by atoms with Gasteiger partial charge in [0.1, 0.15) is 0 Å². The Morgan fingerprint density at radius 1 is 1.43 bits per heavy atom. The number of nitrogens with zero attached hydrogens (tertiary/aromatic N) is 1. The van der Waals surface area contributed by atoms with Crippen molar-refractivity contribution in [2.75, 3.05) is 12.4 Å². The van der Waals surface area contributed by atoms with Crippen LogP contribution in [0.15, 0.2) is 0 Å². The van der Waals surface area contributed by atoms with Gasteiger partial charge in [0.05, 0.1) is 0 Å². The van der Waals surface area contributed by atoms with E-state index in [1.807, 2.05) is 4.90 Å². The van der Waals surface area contributed by atoms with Crippen LogP contribution in [-0.4, -0.2) is 29.3 Å². The largest absolute Gasteiger partial charge is 0.340 e. The number of halogens is 1. The molecule has 1 fully saturated rings. The molecule has 14 heavy (non-hydrogen) atoms. The van der Waals surface area contributed by atoms with E-state index in [2.05, 4.69) is 6.92 Å². The van der Waals surface area contributed by atoms with Crippen molar-refractivity contribution in [2.45, 2.75) is 51.5 Å². The molecule has 1 atom stereocenters. The van der Waals surface area contributed by atoms with Crippen molar-refractivity contribution >= 4 is 17.5 Å². The van der Waals surface area contributed by atoms with E-state index < -0.39 is 0 Å². The summed E-state index contributed by atoms with van der Waals surface area (Å²) in [5.41, 5.74) is 0. The third kappa shape index (κ3) is 3.49. The number of likely N-dealkylation sites (tertiary alicyclic amines) is 1. The molecule has 0 N–H and O–H groups in total. The lowest BCUT2D eigenvalue weighted by Crippen LogP contribution is -2.38. The summed E-state index contributed by atoms with van der Waals surface area (Å²) in [5, 5.41) is 0. The number of hydrogen-bond donors (Lipinski definition) is 0. The van der Waals surface area contributed by atoms with Crippen LogP contribution in [0.3, 0.4) is 0 Å². The summed E-state index contributed by atoms with van der Waals surface area (Å²) in [7, 11) is 0. The first-order valence-corrected chi connectivity index (χ1v) is 6.14. The van der Waals surface area contributed by atoms with Crippen LogP contribution in [-0.2, 0) is 4.79 Å². The molecular weight excluding hydrogens is 198 g/mol. The molecule has 1 heterocycles. The first-order chi connectivity index (χ1) is 6.75. The van der Waals surface area contributed by atoms with Gasteiger partial charge in [0.15, 0.2) is 0 Å². The second kappa shape index (κ2) is 6.28. The third-order valence-electron chi connectivity index (χ3n) is 2.90. The fourth-order valence-corrected chi connectivity index (χ4v) is 2.14. The molecule has 1 aliphatic rings. The molecular formula is C11H20ClNO. The first-order valence-electron chi connectivity index (χ1n) is 5.61. The van der Waals surface area contributed by atoms with Crippen LogP contribution in [0.25, 0.3) is 0 Å². The summed E-state index contributed by atoms with van der Waals surface area (Å²) in [4.78, 5) is 13.8. The van der Waals surface area contributed by atoms with E-state index in [0.717, 1.165) is 25.8 Å². The molecule has 0 saturated carbocycles. The zero-order valence-corrected chi connectivity index (χ0v) is 9.72. The minimum Gasteiger partial charge on any atom is -0.340 e. The molecule has 2 nitrogen and oxygen atoms in total. The summed E-state index contributed by atoms with van der Waals surface area (Å²) < 4.78 is 0. The van der Waals surface area contributed by atoms with Gasteiger partial charge < -0.3 is 4.90 Å². The van der Waals surface area contributed by atoms with Gasteiger partial charge in [-0.1, -0.05) is 12.8 Å². The average molecular weight is 218 g/mol. The second-order valence-corrected chi connectivity index (χ2v) is 4.46. The minimum atomic E-state index is 0.292. The molecule has 1 unspecified atom stereocenters. The van der Waals surface area contributed by atoms with E-state index >= 15 is 0 Å². The number of alkyl halides is 1. The minimum absolute atomic E-state index is 0.292. The molecule has 1 rings (SSSR count). The van der Waals surface area contributed by atoms with Crippen molar-refractivity contribution < 1.29 is 4.79 Å². The van der Waals surface area contributed by atoms with Crippen molar-refractivity contribution in [1.82, 2.24) is 4.90 Å². The smallest absolute Gasteiger partial charge is 0.222 e. The highest BCUT2D eigenvalue weighted by Crippen LogP contribution is 2.17. The maximum atomic E-state index is 11.8. The highest BCUT2D eigenvalue weighted by Gasteiger charge is 2.20. The van der Waals surface area contributed by atoms with Gasteiger partial charge in [0, 0.05) is 24.9 Å². The Bertz CT molecular complexity index is 184. The normalized spacial score (nSPS) is 23.3.